The maximum absolute atomic E-state index is 12.8. The molecule has 4 N–H and O–H groups in total. The molecule has 0 aliphatic carbocycles. The number of para-hydroxylation sites is 1. The number of aromatic nitrogens is 1. The van der Waals surface area contributed by atoms with Gasteiger partial charge in [-0.15, -0.1) is 0 Å². The monoisotopic (exact) mass is 439 g/mol. The van der Waals surface area contributed by atoms with Gasteiger partial charge in [0.15, 0.2) is 0 Å². The van der Waals surface area contributed by atoms with Gasteiger partial charge in [-0.1, -0.05) is 18.2 Å². The van der Waals surface area contributed by atoms with Crippen molar-refractivity contribution in [1.29, 1.82) is 0 Å². The normalized spacial score (nSPS) is 15.8. The number of H-pyrrole nitrogens is 1. The zero-order valence-corrected chi connectivity index (χ0v) is 18.4. The van der Waals surface area contributed by atoms with Crippen molar-refractivity contribution in [2.75, 3.05) is 13.1 Å². The minimum absolute atomic E-state index is 0.0273. The maximum Gasteiger partial charge on any atom is 0.349 e. The largest absolute Gasteiger partial charge is 0.481 e. The lowest BCUT2D eigenvalue weighted by Gasteiger charge is -2.30. The van der Waals surface area contributed by atoms with Crippen molar-refractivity contribution in [3.05, 3.63) is 69.4 Å². The van der Waals surface area contributed by atoms with E-state index in [-0.39, 0.29) is 17.5 Å². The number of aliphatic carboxylic acids is 1. The Morgan fingerprint density at radius 3 is 2.69 bits per heavy atom. The second kappa shape index (κ2) is 10.3. The van der Waals surface area contributed by atoms with Crippen LogP contribution >= 0.6 is 0 Å². The van der Waals surface area contributed by atoms with E-state index in [2.05, 4.69) is 11.1 Å². The number of hydrogen-bond donors (Lipinski definition) is 3. The van der Waals surface area contributed by atoms with Crippen LogP contribution in [0.2, 0.25) is 0 Å². The molecule has 1 aliphatic heterocycles. The Kier molecular flexibility index (Phi) is 7.48. The van der Waals surface area contributed by atoms with E-state index in [1.165, 1.54) is 10.9 Å². The lowest BCUT2D eigenvalue weighted by molar-refractivity contribution is -0.134. The van der Waals surface area contributed by atoms with Crippen LogP contribution < -0.4 is 11.4 Å². The van der Waals surface area contributed by atoms with Crippen LogP contribution in [0, 0.1) is 6.92 Å². The number of nitrogens with one attached hydrogen (secondary N) is 1. The Bertz CT molecular complexity index is 1160. The van der Waals surface area contributed by atoms with E-state index in [4.69, 9.17) is 20.1 Å². The molecule has 1 aliphatic rings. The fourth-order valence-corrected chi connectivity index (χ4v) is 4.00. The number of carboxylic acids is 1. The van der Waals surface area contributed by atoms with Gasteiger partial charge in [0.1, 0.15) is 11.3 Å². The number of aryl methyl sites for hydroxylation is 3. The quantitative estimate of drug-likeness (QED) is 0.573. The Hall–Kier alpha value is -3.39. The van der Waals surface area contributed by atoms with Gasteiger partial charge in [-0.25, -0.2) is 4.79 Å². The van der Waals surface area contributed by atoms with Crippen LogP contribution in [-0.4, -0.2) is 46.0 Å². The summed E-state index contributed by atoms with van der Waals surface area (Å²) in [6, 6.07) is 9.91. The third-order valence-corrected chi connectivity index (χ3v) is 5.47. The average Bonchev–Trinajstić information content (AvgIpc) is 3.14. The summed E-state index contributed by atoms with van der Waals surface area (Å²) in [5.74, 6) is -0.510. The number of amides is 1. The van der Waals surface area contributed by atoms with Gasteiger partial charge in [0.25, 0.3) is 11.9 Å². The van der Waals surface area contributed by atoms with Gasteiger partial charge in [-0.05, 0) is 49.4 Å². The molecule has 1 unspecified atom stereocenters. The van der Waals surface area contributed by atoms with Crippen molar-refractivity contribution in [3.8, 4) is 0 Å². The van der Waals surface area contributed by atoms with E-state index >= 15 is 0 Å². The number of carbonyl (C=O) groups is 2. The predicted octanol–water partition coefficient (Wildman–Crippen LogP) is 2.87. The number of likely N-dealkylation sites (tertiary alicyclic amines) is 1. The molecule has 3 heterocycles. The van der Waals surface area contributed by atoms with Gasteiger partial charge in [0, 0.05) is 49.6 Å². The molecule has 3 aromatic rings. The highest BCUT2D eigenvalue weighted by molar-refractivity contribution is 5.95. The molecule has 170 valence electrons. The molecule has 0 radical (unpaired) electrons. The highest BCUT2D eigenvalue weighted by Gasteiger charge is 2.26. The molecule has 1 amide bonds. The number of aromatic amines is 1. The fourth-order valence-electron chi connectivity index (χ4n) is 4.00. The molecule has 8 heteroatoms. The Balaban J connectivity index is 0.000000668. The summed E-state index contributed by atoms with van der Waals surface area (Å²) in [7, 11) is 0. The number of hydrogen-bond acceptors (Lipinski definition) is 5. The maximum atomic E-state index is 12.8. The first kappa shape index (κ1) is 23.3. The smallest absolute Gasteiger partial charge is 0.349 e. The lowest BCUT2D eigenvalue weighted by Crippen LogP contribution is -2.46. The van der Waals surface area contributed by atoms with Gasteiger partial charge in [0.05, 0.1) is 0 Å². The van der Waals surface area contributed by atoms with Crippen LogP contribution in [-0.2, 0) is 17.6 Å². The van der Waals surface area contributed by atoms with Crippen molar-refractivity contribution < 1.29 is 19.1 Å². The molecule has 0 spiro atoms. The first-order valence-corrected chi connectivity index (χ1v) is 10.7. The second-order valence-corrected chi connectivity index (χ2v) is 8.09. The van der Waals surface area contributed by atoms with Crippen molar-refractivity contribution in [1.82, 2.24) is 9.88 Å². The summed E-state index contributed by atoms with van der Waals surface area (Å²) in [5.41, 5.74) is 8.47. The fraction of sp³-hybridized carbons (Fsp3) is 0.375. The third-order valence-electron chi connectivity index (χ3n) is 5.47. The van der Waals surface area contributed by atoms with E-state index < -0.39 is 11.6 Å². The van der Waals surface area contributed by atoms with Crippen molar-refractivity contribution in [3.63, 3.8) is 0 Å². The number of fused-ring (bicyclic) bond motifs is 1. The van der Waals surface area contributed by atoms with Gasteiger partial charge in [-0.2, -0.15) is 0 Å². The van der Waals surface area contributed by atoms with Crippen LogP contribution in [0.25, 0.3) is 10.9 Å². The predicted molar refractivity (Wildman–Crippen MR) is 122 cm³/mol. The molecule has 32 heavy (non-hydrogen) atoms. The Labute approximate surface area is 186 Å². The number of piperidine rings is 1. The number of rotatable bonds is 4. The van der Waals surface area contributed by atoms with Crippen LogP contribution in [0.3, 0.4) is 0 Å². The first-order valence-electron chi connectivity index (χ1n) is 10.7. The summed E-state index contributed by atoms with van der Waals surface area (Å²) in [6.07, 6.45) is 5.11. The van der Waals surface area contributed by atoms with Gasteiger partial charge < -0.3 is 25.1 Å². The van der Waals surface area contributed by atoms with Gasteiger partial charge >= 0.3 is 5.63 Å². The second-order valence-electron chi connectivity index (χ2n) is 8.09. The standard InChI is InChI=1S/C22H25N3O3.C2H4O2/c1-14-11-17(9-8-15-12-24-19-7-3-2-6-18(15)19)28-22(27)20(14)21(26)25-10-4-5-16(23)13-25;1-2(3)4/h2-3,6-7,11-12,16,24H,4-5,8-10,13,23H2,1H3;1H3,(H,3,4). The van der Waals surface area contributed by atoms with E-state index in [1.807, 2.05) is 30.5 Å². The van der Waals surface area contributed by atoms with Crippen molar-refractivity contribution >= 4 is 22.8 Å². The lowest BCUT2D eigenvalue weighted by atomic mass is 10.0. The van der Waals surface area contributed by atoms with E-state index in [0.717, 1.165) is 31.7 Å². The van der Waals surface area contributed by atoms with Crippen LogP contribution in [0.15, 0.2) is 45.7 Å². The summed E-state index contributed by atoms with van der Waals surface area (Å²) in [4.78, 5) is 39.3. The molecule has 0 saturated carbocycles. The molecule has 1 fully saturated rings. The van der Waals surface area contributed by atoms with E-state index in [1.54, 1.807) is 11.8 Å². The van der Waals surface area contributed by atoms with Crippen LogP contribution in [0.4, 0.5) is 0 Å². The summed E-state index contributed by atoms with van der Waals surface area (Å²) in [6.45, 7) is 4.00. The van der Waals surface area contributed by atoms with Gasteiger partial charge in [0.2, 0.25) is 0 Å². The summed E-state index contributed by atoms with van der Waals surface area (Å²) in [5, 5.41) is 8.59. The number of carboxylic acid groups (broad SMARTS) is 1. The summed E-state index contributed by atoms with van der Waals surface area (Å²) >= 11 is 0. The molecule has 2 aromatic heterocycles. The zero-order valence-electron chi connectivity index (χ0n) is 18.4. The highest BCUT2D eigenvalue weighted by atomic mass is 16.4. The molecule has 1 aromatic carbocycles. The molecule has 1 atom stereocenters. The zero-order chi connectivity index (χ0) is 23.3. The number of benzene rings is 1. The molecule has 4 rings (SSSR count). The topological polar surface area (TPSA) is 130 Å². The number of nitrogens with zero attached hydrogens (tertiary/aromatic N) is 1. The summed E-state index contributed by atoms with van der Waals surface area (Å²) < 4.78 is 5.49. The van der Waals surface area contributed by atoms with Crippen LogP contribution in [0.5, 0.6) is 0 Å². The van der Waals surface area contributed by atoms with E-state index in [9.17, 15) is 9.59 Å². The third kappa shape index (κ3) is 5.64. The van der Waals surface area contributed by atoms with Crippen molar-refractivity contribution in [2.45, 2.75) is 45.6 Å². The molecular formula is C24H29N3O5. The molecule has 1 saturated heterocycles. The number of nitrogens with two attached hydrogens (primary N) is 1. The minimum atomic E-state index is -0.833. The molecule has 0 bridgehead atoms. The number of carbonyl (C=O) groups excluding carboxylic acids is 1. The Morgan fingerprint density at radius 2 is 2.00 bits per heavy atom. The van der Waals surface area contributed by atoms with Gasteiger partial charge in [-0.3, -0.25) is 9.59 Å². The van der Waals surface area contributed by atoms with Crippen molar-refractivity contribution in [2.24, 2.45) is 5.73 Å². The SMILES string of the molecule is CC(=O)O.Cc1cc(CCc2c[nH]c3ccccc23)oc(=O)c1C(=O)N1CCCC(N)C1. The van der Waals surface area contributed by atoms with Crippen LogP contribution in [0.1, 0.15) is 47.0 Å². The molecular weight excluding hydrogens is 410 g/mol. The minimum Gasteiger partial charge on any atom is -0.481 e. The van der Waals surface area contributed by atoms with E-state index in [0.29, 0.717) is 30.8 Å². The molecule has 8 nitrogen and oxygen atoms in total. The average molecular weight is 440 g/mol. The Morgan fingerprint density at radius 1 is 1.28 bits per heavy atom. The first-order chi connectivity index (χ1) is 15.3. The highest BCUT2D eigenvalue weighted by Crippen LogP contribution is 2.20.